The minimum Gasteiger partial charge on any atom is -0.453 e. The Balaban J connectivity index is 1.36. The van der Waals surface area contributed by atoms with E-state index < -0.39 is 81.5 Å². The molecule has 6 rings (SSSR count). The van der Waals surface area contributed by atoms with Gasteiger partial charge in [-0.2, -0.15) is 13.2 Å². The molecule has 3 fully saturated rings. The van der Waals surface area contributed by atoms with Crippen LogP contribution in [0.25, 0.3) is 0 Å². The minimum absolute atomic E-state index is 0.211. The number of anilines is 1. The Hall–Kier alpha value is -6.33. The Morgan fingerprint density at radius 3 is 1.27 bits per heavy atom. The molecule has 3 aromatic carbocycles. The van der Waals surface area contributed by atoms with Gasteiger partial charge in [-0.15, -0.1) is 0 Å². The van der Waals surface area contributed by atoms with E-state index in [-0.39, 0.29) is 38.0 Å². The van der Waals surface area contributed by atoms with Gasteiger partial charge >= 0.3 is 18.4 Å². The first-order chi connectivity index (χ1) is 31.3. The van der Waals surface area contributed by atoms with E-state index >= 15 is 0 Å². The van der Waals surface area contributed by atoms with Crippen molar-refractivity contribution in [3.8, 4) is 0 Å². The normalized spacial score (nSPS) is 23.1. The van der Waals surface area contributed by atoms with E-state index in [0.29, 0.717) is 42.5 Å². The summed E-state index contributed by atoms with van der Waals surface area (Å²) in [6, 6.07) is 16.5. The number of carbonyl (C=O) groups excluding carboxylic acids is 6. The fraction of sp³-hybridized carbons (Fsp3) is 0.510. The number of methoxy groups -OCH3 is 2. The zero-order chi connectivity index (χ0) is 49.4. The number of likely N-dealkylation sites (tertiary alicyclic amines) is 2. The Kier molecular flexibility index (Phi) is 14.0. The van der Waals surface area contributed by atoms with Crippen molar-refractivity contribution in [2.45, 2.75) is 121 Å². The molecule has 6 amide bonds. The van der Waals surface area contributed by atoms with Crippen LogP contribution in [0.2, 0.25) is 0 Å². The lowest BCUT2D eigenvalue weighted by Gasteiger charge is -2.41. The number of hydrogen-bond donors (Lipinski definition) is 4. The topological polar surface area (TPSA) is 207 Å². The summed E-state index contributed by atoms with van der Waals surface area (Å²) in [5.41, 5.74) is 10.0. The molecule has 6 atom stereocenters. The van der Waals surface area contributed by atoms with Crippen molar-refractivity contribution in [1.82, 2.24) is 20.4 Å². The lowest BCUT2D eigenvalue weighted by atomic mass is 9.82. The predicted molar refractivity (Wildman–Crippen MR) is 243 cm³/mol. The largest absolute Gasteiger partial charge is 0.453 e. The highest BCUT2D eigenvalue weighted by Gasteiger charge is 2.54. The highest BCUT2D eigenvalue weighted by molar-refractivity contribution is 5.96. The maximum atomic E-state index is 14.3. The molecule has 0 radical (unpaired) electrons. The Morgan fingerprint density at radius 2 is 0.970 bits per heavy atom. The van der Waals surface area contributed by atoms with Crippen molar-refractivity contribution >= 4 is 41.5 Å². The highest BCUT2D eigenvalue weighted by atomic mass is 19.4. The van der Waals surface area contributed by atoms with E-state index in [1.54, 1.807) is 65.8 Å². The summed E-state index contributed by atoms with van der Waals surface area (Å²) in [5, 5.41) is 5.26. The van der Waals surface area contributed by atoms with Gasteiger partial charge in [0.15, 0.2) is 0 Å². The lowest BCUT2D eigenvalue weighted by Crippen LogP contribution is -2.61. The predicted octanol–water partition coefficient (Wildman–Crippen LogP) is 6.94. The molecule has 0 aromatic heterocycles. The van der Waals surface area contributed by atoms with Crippen LogP contribution < -0.4 is 27.0 Å². The first-order valence-corrected chi connectivity index (χ1v) is 22.4. The molecular formula is C49H62F3N7O8. The van der Waals surface area contributed by atoms with E-state index in [1.807, 2.05) is 29.2 Å². The second-order valence-corrected chi connectivity index (χ2v) is 19.8. The van der Waals surface area contributed by atoms with Crippen molar-refractivity contribution in [3.63, 3.8) is 0 Å². The van der Waals surface area contributed by atoms with Crippen molar-refractivity contribution < 1.29 is 51.4 Å². The fourth-order valence-electron chi connectivity index (χ4n) is 10.2. The number of alkyl halides is 3. The van der Waals surface area contributed by atoms with Crippen molar-refractivity contribution in [2.75, 3.05) is 32.2 Å². The van der Waals surface area contributed by atoms with Crippen molar-refractivity contribution in [3.05, 3.63) is 101 Å². The maximum absolute atomic E-state index is 14.3. The standard InChI is InChI=1S/C49H62F3N7O8/c1-45(2,3)37(55-43(64)66-7)39(60)57-27-9-25-47(57,41(53)62)31-15-11-29(12-16-31)35-23-24-36(59(35)34-21-19-33(20-22-34)49(50,51)52)30-13-17-32(18-14-30)48(42(54)63)26-10-28-58(48)40(61)38(46(4,5)6)56-44(65)67-8/h11-22,35-38H,9-10,23-28H2,1-8H3,(H2,53,62)(H2,54,63)(H,55,64)(H,56,65)/t35-,36-,37+,38+,47-,48-/m0/s1. The first kappa shape index (κ1) is 50.1. The molecule has 0 saturated carbocycles. The summed E-state index contributed by atoms with van der Waals surface area (Å²) in [6.07, 6.45) is -3.60. The van der Waals surface area contributed by atoms with E-state index in [2.05, 4.69) is 10.6 Å². The molecule has 3 aliphatic heterocycles. The summed E-state index contributed by atoms with van der Waals surface area (Å²) in [6.45, 7) is 11.1. The SMILES string of the molecule is COC(=O)N[C@H](C(=O)N1CCC[C@@]1(C(N)=O)c1ccc([C@@H]2CC[C@@H](c3ccc([C@]4(C(N)=O)CCCN4C(=O)[C@@H](NC(=O)OC)C(C)(C)C)cc3)N2c2ccc(C(F)(F)F)cc2)cc1)C(C)(C)C. The summed E-state index contributed by atoms with van der Waals surface area (Å²) < 4.78 is 51.0. The van der Waals surface area contributed by atoms with Gasteiger partial charge in [0, 0.05) is 18.8 Å². The zero-order valence-electron chi connectivity index (χ0n) is 39.3. The van der Waals surface area contributed by atoms with Gasteiger partial charge in [-0.05, 0) is 95.9 Å². The number of carbonyl (C=O) groups is 6. The van der Waals surface area contributed by atoms with Crippen LogP contribution in [0.15, 0.2) is 72.8 Å². The molecule has 362 valence electrons. The van der Waals surface area contributed by atoms with Gasteiger partial charge in [0.05, 0.1) is 31.9 Å². The summed E-state index contributed by atoms with van der Waals surface area (Å²) >= 11 is 0. The van der Waals surface area contributed by atoms with Crippen LogP contribution in [0.1, 0.15) is 120 Å². The Morgan fingerprint density at radius 1 is 0.612 bits per heavy atom. The monoisotopic (exact) mass is 933 g/mol. The van der Waals surface area contributed by atoms with E-state index in [9.17, 15) is 41.9 Å². The lowest BCUT2D eigenvalue weighted by molar-refractivity contribution is -0.147. The molecule has 0 aliphatic carbocycles. The number of primary amides is 2. The Bertz CT molecular complexity index is 2210. The third-order valence-electron chi connectivity index (χ3n) is 13.7. The average Bonchev–Trinajstić information content (AvgIpc) is 4.05. The molecule has 6 N–H and O–H groups in total. The molecule has 0 unspecified atom stereocenters. The number of rotatable bonds is 11. The van der Waals surface area contributed by atoms with Gasteiger partial charge in [-0.3, -0.25) is 19.2 Å². The van der Waals surface area contributed by atoms with Gasteiger partial charge in [0.1, 0.15) is 23.2 Å². The van der Waals surface area contributed by atoms with Crippen LogP contribution in [0.4, 0.5) is 28.4 Å². The summed E-state index contributed by atoms with van der Waals surface area (Å²) in [7, 11) is 2.39. The smallest absolute Gasteiger partial charge is 0.416 e. The molecule has 3 aromatic rings. The average molecular weight is 934 g/mol. The molecule has 15 nitrogen and oxygen atoms in total. The van der Waals surface area contributed by atoms with Crippen LogP contribution in [0.5, 0.6) is 0 Å². The second-order valence-electron chi connectivity index (χ2n) is 19.8. The highest BCUT2D eigenvalue weighted by Crippen LogP contribution is 2.49. The third-order valence-corrected chi connectivity index (χ3v) is 13.7. The number of nitrogens with one attached hydrogen (secondary N) is 2. The number of hydrogen-bond acceptors (Lipinski definition) is 9. The van der Waals surface area contributed by atoms with Crippen LogP contribution in [-0.2, 0) is 45.9 Å². The molecule has 18 heteroatoms. The van der Waals surface area contributed by atoms with Crippen LogP contribution in [0, 0.1) is 10.8 Å². The summed E-state index contributed by atoms with van der Waals surface area (Å²) in [5.74, 6) is -2.45. The number of amides is 6. The third kappa shape index (κ3) is 9.48. The van der Waals surface area contributed by atoms with E-state index in [0.717, 1.165) is 23.3 Å². The fourth-order valence-corrected chi connectivity index (χ4v) is 10.2. The maximum Gasteiger partial charge on any atom is 0.416 e. The molecule has 0 spiro atoms. The summed E-state index contributed by atoms with van der Waals surface area (Å²) in [4.78, 5) is 85.3. The van der Waals surface area contributed by atoms with Gasteiger partial charge in [-0.1, -0.05) is 90.1 Å². The number of halogens is 3. The number of alkyl carbamates (subject to hydrolysis) is 2. The molecule has 0 bridgehead atoms. The van der Waals surface area contributed by atoms with Crippen LogP contribution in [0.3, 0.4) is 0 Å². The Labute approximate surface area is 389 Å². The molecule has 3 aliphatic rings. The quantitative estimate of drug-likeness (QED) is 0.157. The first-order valence-electron chi connectivity index (χ1n) is 22.4. The molecule has 3 heterocycles. The molecule has 67 heavy (non-hydrogen) atoms. The van der Waals surface area contributed by atoms with Gasteiger partial charge < -0.3 is 46.3 Å². The molecular weight excluding hydrogens is 872 g/mol. The zero-order valence-corrected chi connectivity index (χ0v) is 39.3. The van der Waals surface area contributed by atoms with Crippen molar-refractivity contribution in [2.24, 2.45) is 22.3 Å². The van der Waals surface area contributed by atoms with Gasteiger partial charge in [0.25, 0.3) is 0 Å². The van der Waals surface area contributed by atoms with E-state index in [1.165, 1.54) is 36.2 Å². The number of nitrogens with zero attached hydrogens (tertiary/aromatic N) is 3. The number of benzene rings is 3. The second kappa shape index (κ2) is 18.7. The molecule has 3 saturated heterocycles. The van der Waals surface area contributed by atoms with Crippen molar-refractivity contribution in [1.29, 1.82) is 0 Å². The van der Waals surface area contributed by atoms with Crippen LogP contribution in [-0.4, -0.2) is 85.0 Å². The van der Waals surface area contributed by atoms with Gasteiger partial charge in [0.2, 0.25) is 23.6 Å². The van der Waals surface area contributed by atoms with E-state index in [4.69, 9.17) is 20.9 Å². The minimum atomic E-state index is -4.56. The number of ether oxygens (including phenoxy) is 2. The van der Waals surface area contributed by atoms with Crippen LogP contribution >= 0.6 is 0 Å². The number of nitrogens with two attached hydrogens (primary N) is 2. The van der Waals surface area contributed by atoms with Gasteiger partial charge in [-0.25, -0.2) is 9.59 Å².